The molecule has 12 rings (SSSR count). The van der Waals surface area contributed by atoms with Gasteiger partial charge in [-0.1, -0.05) is 33.6 Å². The lowest BCUT2D eigenvalue weighted by Crippen LogP contribution is -2.63. The monoisotopic (exact) mass is 897 g/mol. The van der Waals surface area contributed by atoms with Gasteiger partial charge in [0.25, 0.3) is 0 Å². The van der Waals surface area contributed by atoms with Gasteiger partial charge in [-0.2, -0.15) is 0 Å². The molecule has 3 heterocycles. The van der Waals surface area contributed by atoms with Gasteiger partial charge in [-0.05, 0) is 188 Å². The van der Waals surface area contributed by atoms with E-state index in [0.29, 0.717) is 48.9 Å². The molecule has 0 radical (unpaired) electrons. The van der Waals surface area contributed by atoms with Crippen LogP contribution in [0.1, 0.15) is 205 Å². The maximum atomic E-state index is 12.9. The summed E-state index contributed by atoms with van der Waals surface area (Å²) >= 11 is 0. The minimum Gasteiger partial charge on any atom is -0.459 e. The molecule has 9 atom stereocenters. The quantitative estimate of drug-likeness (QED) is 0.148. The summed E-state index contributed by atoms with van der Waals surface area (Å²) in [4.78, 5) is 48.9. The first kappa shape index (κ1) is 48.2. The van der Waals surface area contributed by atoms with Crippen LogP contribution >= 0.6 is 0 Å². The number of carbonyl (C=O) groups excluding carboxylic acids is 4. The Balaban J connectivity index is 0.000000135. The second kappa shape index (κ2) is 16.8. The highest BCUT2D eigenvalue weighted by Gasteiger charge is 2.66. The second-order valence-corrected chi connectivity index (χ2v) is 25.6. The summed E-state index contributed by atoms with van der Waals surface area (Å²) < 4.78 is 35.8. The van der Waals surface area contributed by atoms with Gasteiger partial charge in [0.15, 0.2) is 12.2 Å². The lowest BCUT2D eigenvalue weighted by Gasteiger charge is -2.62. The number of fused-ring (bicyclic) bond motifs is 1. The van der Waals surface area contributed by atoms with E-state index in [4.69, 9.17) is 28.4 Å². The van der Waals surface area contributed by atoms with Crippen LogP contribution in [0.5, 0.6) is 0 Å². The molecule has 9 saturated carbocycles. The van der Waals surface area contributed by atoms with Crippen LogP contribution in [0.25, 0.3) is 0 Å². The molecular weight excluding hydrogens is 813 g/mol. The van der Waals surface area contributed by atoms with E-state index in [-0.39, 0.29) is 69.8 Å². The van der Waals surface area contributed by atoms with Crippen molar-refractivity contribution in [2.24, 2.45) is 51.8 Å². The Morgan fingerprint density at radius 2 is 1.08 bits per heavy atom. The number of aliphatic hydroxyl groups is 1. The molecule has 9 unspecified atom stereocenters. The molecule has 9 aliphatic carbocycles. The summed E-state index contributed by atoms with van der Waals surface area (Å²) in [6, 6.07) is 0. The van der Waals surface area contributed by atoms with E-state index < -0.39 is 28.6 Å². The molecule has 12 fully saturated rings. The summed E-state index contributed by atoms with van der Waals surface area (Å²) in [5.41, 5.74) is -2.61. The van der Waals surface area contributed by atoms with Crippen molar-refractivity contribution in [3.8, 4) is 0 Å². The Morgan fingerprint density at radius 1 is 0.625 bits per heavy atom. The average Bonchev–Trinajstić information content (AvgIpc) is 3.98. The van der Waals surface area contributed by atoms with Gasteiger partial charge in [0.05, 0.1) is 45.1 Å². The SMILES string of the molecule is CCC(C)(C)C(=O)OC12CC3CC(C1)CC(OC(C)(C)C1CCCC1)(C3)C2.CCC(C)(C)C(=O)OC12CC3CC(CC(O)(C3)C1)C2.CCC(C)(C)C(=O)OC1C2CC3C(=O)OC1C3O2. The van der Waals surface area contributed by atoms with Gasteiger partial charge in [0.1, 0.15) is 17.3 Å². The van der Waals surface area contributed by atoms with Gasteiger partial charge in [0.2, 0.25) is 0 Å². The molecule has 0 aromatic heterocycles. The van der Waals surface area contributed by atoms with Crippen molar-refractivity contribution in [1.29, 1.82) is 0 Å². The summed E-state index contributed by atoms with van der Waals surface area (Å²) in [5, 5.41) is 10.6. The van der Waals surface area contributed by atoms with E-state index in [2.05, 4.69) is 20.8 Å². The molecule has 12 aliphatic rings. The predicted molar refractivity (Wildman–Crippen MR) is 241 cm³/mol. The van der Waals surface area contributed by atoms with Crippen molar-refractivity contribution < 1.29 is 52.7 Å². The second-order valence-electron chi connectivity index (χ2n) is 25.6. The number of ether oxygens (including phenoxy) is 6. The number of hydrogen-bond acceptors (Lipinski definition) is 11. The lowest BCUT2D eigenvalue weighted by atomic mass is 9.52. The maximum Gasteiger partial charge on any atom is 0.312 e. The highest BCUT2D eigenvalue weighted by atomic mass is 16.7. The molecular formula is C53H84O11. The van der Waals surface area contributed by atoms with Crippen LogP contribution in [0.2, 0.25) is 0 Å². The van der Waals surface area contributed by atoms with Gasteiger partial charge < -0.3 is 33.5 Å². The van der Waals surface area contributed by atoms with E-state index in [9.17, 15) is 24.3 Å². The van der Waals surface area contributed by atoms with Crippen molar-refractivity contribution >= 4 is 23.9 Å². The summed E-state index contributed by atoms with van der Waals surface area (Å²) in [6.07, 6.45) is 19.4. The highest BCUT2D eigenvalue weighted by Crippen LogP contribution is 2.62. The molecule has 0 spiro atoms. The Kier molecular flexibility index (Phi) is 12.6. The van der Waals surface area contributed by atoms with Crippen LogP contribution in [-0.4, -0.2) is 81.4 Å². The lowest BCUT2D eigenvalue weighted by molar-refractivity contribution is -0.270. The minimum absolute atomic E-state index is 0.00264. The summed E-state index contributed by atoms with van der Waals surface area (Å²) in [5.74, 6) is 2.46. The molecule has 3 saturated heterocycles. The average molecular weight is 897 g/mol. The fourth-order valence-corrected chi connectivity index (χ4v) is 14.6. The first-order valence-electron chi connectivity index (χ1n) is 25.7. The first-order valence-corrected chi connectivity index (χ1v) is 25.7. The molecule has 0 aromatic carbocycles. The molecule has 0 amide bonds. The largest absolute Gasteiger partial charge is 0.459 e. The van der Waals surface area contributed by atoms with Crippen LogP contribution in [0.3, 0.4) is 0 Å². The fourth-order valence-electron chi connectivity index (χ4n) is 14.6. The predicted octanol–water partition coefficient (Wildman–Crippen LogP) is 10.1. The first-order chi connectivity index (χ1) is 29.8. The van der Waals surface area contributed by atoms with Crippen molar-refractivity contribution in [2.45, 2.75) is 257 Å². The molecule has 11 heteroatoms. The zero-order valence-corrected chi connectivity index (χ0v) is 41.4. The zero-order valence-electron chi connectivity index (χ0n) is 41.4. The third-order valence-corrected chi connectivity index (χ3v) is 18.7. The van der Waals surface area contributed by atoms with Crippen molar-refractivity contribution in [2.75, 3.05) is 0 Å². The number of carbonyl (C=O) groups is 4. The van der Waals surface area contributed by atoms with Crippen LogP contribution in [0, 0.1) is 51.8 Å². The van der Waals surface area contributed by atoms with Gasteiger partial charge in [-0.15, -0.1) is 0 Å². The Bertz CT molecular complexity index is 1760. The normalized spacial score (nSPS) is 41.2. The van der Waals surface area contributed by atoms with Gasteiger partial charge in [-0.3, -0.25) is 19.2 Å². The molecule has 64 heavy (non-hydrogen) atoms. The third-order valence-electron chi connectivity index (χ3n) is 18.7. The smallest absolute Gasteiger partial charge is 0.312 e. The number of rotatable bonds is 12. The topological polar surface area (TPSA) is 144 Å². The van der Waals surface area contributed by atoms with Crippen molar-refractivity contribution in [1.82, 2.24) is 0 Å². The van der Waals surface area contributed by atoms with Gasteiger partial charge in [0, 0.05) is 12.8 Å². The minimum atomic E-state index is -0.555. The maximum absolute atomic E-state index is 12.9. The van der Waals surface area contributed by atoms with Crippen LogP contribution in [-0.2, 0) is 47.6 Å². The summed E-state index contributed by atoms with van der Waals surface area (Å²) in [6.45, 7) is 22.3. The highest BCUT2D eigenvalue weighted by molar-refractivity contribution is 5.79. The molecule has 3 aliphatic heterocycles. The standard InChI is InChI=1S/C24H40O3.C16H26O3.C13H18O5/c1-6-21(2,3)20(25)26-23-12-17-11-18(13-23)15-24(14-17,16-23)27-22(4,5)19-9-7-8-10-19;1-4-14(2,3)13(17)19-16-8-11-5-12(9-16)7-15(18,6-11)10-16;1-4-13(2,3)12(15)18-9-7-5-6-8(16-7)10(9)17-11(6)14/h17-19H,6-16H2,1-5H3;11-12,18H,4-10H2,1-3H3;6-10H,4-5H2,1-3H3. The number of esters is 4. The number of hydrogen-bond donors (Lipinski definition) is 1. The molecule has 1 N–H and O–H groups in total. The molecule has 0 aromatic rings. The molecule has 11 nitrogen and oxygen atoms in total. The van der Waals surface area contributed by atoms with E-state index in [1.54, 1.807) is 0 Å². The van der Waals surface area contributed by atoms with E-state index >= 15 is 0 Å². The van der Waals surface area contributed by atoms with Gasteiger partial charge in [-0.25, -0.2) is 0 Å². The Labute approximate surface area is 384 Å². The zero-order chi connectivity index (χ0) is 46.5. The van der Waals surface area contributed by atoms with Gasteiger partial charge >= 0.3 is 23.9 Å². The molecule has 362 valence electrons. The van der Waals surface area contributed by atoms with E-state index in [0.717, 1.165) is 57.8 Å². The summed E-state index contributed by atoms with van der Waals surface area (Å²) in [7, 11) is 0. The Morgan fingerprint density at radius 3 is 1.56 bits per heavy atom. The van der Waals surface area contributed by atoms with Crippen LogP contribution < -0.4 is 0 Å². The fraction of sp³-hybridized carbons (Fsp3) is 0.925. The van der Waals surface area contributed by atoms with Crippen LogP contribution in [0.15, 0.2) is 0 Å². The van der Waals surface area contributed by atoms with E-state index in [1.807, 2.05) is 55.4 Å². The van der Waals surface area contributed by atoms with Crippen molar-refractivity contribution in [3.05, 3.63) is 0 Å². The Hall–Kier alpha value is -2.24. The van der Waals surface area contributed by atoms with E-state index in [1.165, 1.54) is 51.4 Å². The van der Waals surface area contributed by atoms with Crippen LogP contribution in [0.4, 0.5) is 0 Å². The molecule has 10 bridgehead atoms. The van der Waals surface area contributed by atoms with Crippen molar-refractivity contribution in [3.63, 3.8) is 0 Å². The third kappa shape index (κ3) is 9.20.